The van der Waals surface area contributed by atoms with Crippen molar-refractivity contribution in [3.63, 3.8) is 0 Å². The molecular formula is C20H22N2. The summed E-state index contributed by atoms with van der Waals surface area (Å²) in [6, 6.07) is 19.2. The third kappa shape index (κ3) is 2.57. The molecule has 0 radical (unpaired) electrons. The average Bonchev–Trinajstić information content (AvgIpc) is 2.89. The van der Waals surface area contributed by atoms with Crippen LogP contribution in [0.1, 0.15) is 36.6 Å². The molecule has 3 aromatic rings. The molecule has 3 rings (SSSR count). The lowest BCUT2D eigenvalue weighted by molar-refractivity contribution is 0.845. The normalized spacial score (nSPS) is 11.1. The van der Waals surface area contributed by atoms with E-state index in [9.17, 15) is 0 Å². The van der Waals surface area contributed by atoms with Crippen LogP contribution < -0.4 is 0 Å². The molecule has 2 aromatic carbocycles. The molecule has 0 N–H and O–H groups in total. The van der Waals surface area contributed by atoms with E-state index in [4.69, 9.17) is 5.10 Å². The average molecular weight is 290 g/mol. The lowest BCUT2D eigenvalue weighted by Crippen LogP contribution is -2.03. The SMILES string of the molecule is Cc1cc(-c2ccccc2C(C)C)n(-c2ccccc2C)n1. The van der Waals surface area contributed by atoms with Gasteiger partial charge in [0.25, 0.3) is 0 Å². The fraction of sp³-hybridized carbons (Fsp3) is 0.250. The Morgan fingerprint density at radius 3 is 2.32 bits per heavy atom. The molecule has 0 spiro atoms. The van der Waals surface area contributed by atoms with Crippen molar-refractivity contribution in [1.29, 1.82) is 0 Å². The van der Waals surface area contributed by atoms with E-state index < -0.39 is 0 Å². The largest absolute Gasteiger partial charge is 0.233 e. The van der Waals surface area contributed by atoms with Gasteiger partial charge < -0.3 is 0 Å². The highest BCUT2D eigenvalue weighted by atomic mass is 15.3. The minimum Gasteiger partial charge on any atom is -0.233 e. The van der Waals surface area contributed by atoms with Crippen LogP contribution in [-0.2, 0) is 0 Å². The molecule has 0 bridgehead atoms. The van der Waals surface area contributed by atoms with Gasteiger partial charge in [0, 0.05) is 5.56 Å². The topological polar surface area (TPSA) is 17.8 Å². The first-order valence-corrected chi connectivity index (χ1v) is 7.80. The van der Waals surface area contributed by atoms with Gasteiger partial charge in [0.15, 0.2) is 0 Å². The molecule has 0 saturated carbocycles. The van der Waals surface area contributed by atoms with E-state index >= 15 is 0 Å². The second-order valence-electron chi connectivity index (χ2n) is 6.11. The molecule has 0 saturated heterocycles. The number of hydrogen-bond acceptors (Lipinski definition) is 1. The Kier molecular flexibility index (Phi) is 3.84. The summed E-state index contributed by atoms with van der Waals surface area (Å²) in [5.74, 6) is 0.483. The van der Waals surface area contributed by atoms with Crippen molar-refractivity contribution in [2.45, 2.75) is 33.6 Å². The van der Waals surface area contributed by atoms with Crippen molar-refractivity contribution >= 4 is 0 Å². The summed E-state index contributed by atoms with van der Waals surface area (Å²) in [7, 11) is 0. The first-order chi connectivity index (χ1) is 10.6. The third-order valence-corrected chi connectivity index (χ3v) is 4.03. The first kappa shape index (κ1) is 14.6. The van der Waals surface area contributed by atoms with Crippen molar-refractivity contribution in [2.24, 2.45) is 0 Å². The standard InChI is InChI=1S/C20H22N2/c1-14(2)17-10-6-7-11-18(17)20-13-16(4)21-22(20)19-12-8-5-9-15(19)3/h5-14H,1-4H3. The zero-order valence-corrected chi connectivity index (χ0v) is 13.7. The van der Waals surface area contributed by atoms with Gasteiger partial charge in [-0.05, 0) is 43.0 Å². The molecule has 22 heavy (non-hydrogen) atoms. The zero-order chi connectivity index (χ0) is 15.7. The number of nitrogens with zero attached hydrogens (tertiary/aromatic N) is 2. The number of para-hydroxylation sites is 1. The minimum absolute atomic E-state index is 0.483. The summed E-state index contributed by atoms with van der Waals surface area (Å²) >= 11 is 0. The Morgan fingerprint density at radius 1 is 0.909 bits per heavy atom. The zero-order valence-electron chi connectivity index (χ0n) is 13.7. The van der Waals surface area contributed by atoms with Crippen LogP contribution in [0.25, 0.3) is 16.9 Å². The predicted octanol–water partition coefficient (Wildman–Crippen LogP) is 5.28. The quantitative estimate of drug-likeness (QED) is 0.641. The van der Waals surface area contributed by atoms with Gasteiger partial charge in [0.05, 0.1) is 17.1 Å². The molecule has 0 aliphatic rings. The molecule has 0 aliphatic carbocycles. The number of benzene rings is 2. The van der Waals surface area contributed by atoms with Gasteiger partial charge in [-0.15, -0.1) is 0 Å². The molecule has 1 heterocycles. The van der Waals surface area contributed by atoms with Gasteiger partial charge >= 0.3 is 0 Å². The monoisotopic (exact) mass is 290 g/mol. The highest BCUT2D eigenvalue weighted by Crippen LogP contribution is 2.31. The molecule has 2 heteroatoms. The maximum Gasteiger partial charge on any atom is 0.0746 e. The van der Waals surface area contributed by atoms with Crippen LogP contribution in [0.2, 0.25) is 0 Å². The summed E-state index contributed by atoms with van der Waals surface area (Å²) in [6.45, 7) is 8.65. The molecule has 112 valence electrons. The summed E-state index contributed by atoms with van der Waals surface area (Å²) in [6.07, 6.45) is 0. The van der Waals surface area contributed by atoms with Crippen LogP contribution in [0.15, 0.2) is 54.6 Å². The van der Waals surface area contributed by atoms with Crippen molar-refractivity contribution in [3.8, 4) is 16.9 Å². The molecule has 0 aliphatic heterocycles. The summed E-state index contributed by atoms with van der Waals surface area (Å²) < 4.78 is 2.08. The van der Waals surface area contributed by atoms with Gasteiger partial charge in [-0.1, -0.05) is 56.3 Å². The smallest absolute Gasteiger partial charge is 0.0746 e. The predicted molar refractivity (Wildman–Crippen MR) is 92.6 cm³/mol. The molecule has 0 unspecified atom stereocenters. The van der Waals surface area contributed by atoms with Crippen LogP contribution in [-0.4, -0.2) is 9.78 Å². The third-order valence-electron chi connectivity index (χ3n) is 4.03. The highest BCUT2D eigenvalue weighted by Gasteiger charge is 2.15. The molecule has 0 fully saturated rings. The summed E-state index contributed by atoms with van der Waals surface area (Å²) in [5.41, 5.74) is 7.20. The van der Waals surface area contributed by atoms with Crippen molar-refractivity contribution in [3.05, 3.63) is 71.4 Å². The van der Waals surface area contributed by atoms with E-state index in [-0.39, 0.29) is 0 Å². The fourth-order valence-electron chi connectivity index (χ4n) is 2.91. The second kappa shape index (κ2) is 5.80. The van der Waals surface area contributed by atoms with E-state index in [1.54, 1.807) is 0 Å². The maximum absolute atomic E-state index is 4.74. The van der Waals surface area contributed by atoms with E-state index in [0.29, 0.717) is 5.92 Å². The van der Waals surface area contributed by atoms with Crippen LogP contribution in [0, 0.1) is 13.8 Å². The van der Waals surface area contributed by atoms with E-state index in [0.717, 1.165) is 17.1 Å². The maximum atomic E-state index is 4.74. The van der Waals surface area contributed by atoms with E-state index in [1.165, 1.54) is 16.7 Å². The van der Waals surface area contributed by atoms with Gasteiger partial charge in [-0.25, -0.2) is 4.68 Å². The minimum atomic E-state index is 0.483. The van der Waals surface area contributed by atoms with Gasteiger partial charge in [0.1, 0.15) is 0 Å². The fourth-order valence-corrected chi connectivity index (χ4v) is 2.91. The van der Waals surface area contributed by atoms with Crippen LogP contribution in [0.4, 0.5) is 0 Å². The van der Waals surface area contributed by atoms with Crippen LogP contribution in [0.5, 0.6) is 0 Å². The van der Waals surface area contributed by atoms with Crippen LogP contribution >= 0.6 is 0 Å². The summed E-state index contributed by atoms with van der Waals surface area (Å²) in [4.78, 5) is 0. The van der Waals surface area contributed by atoms with Crippen molar-refractivity contribution in [1.82, 2.24) is 9.78 Å². The second-order valence-corrected chi connectivity index (χ2v) is 6.11. The first-order valence-electron chi connectivity index (χ1n) is 7.80. The highest BCUT2D eigenvalue weighted by molar-refractivity contribution is 5.67. The molecule has 1 aromatic heterocycles. The van der Waals surface area contributed by atoms with Gasteiger partial charge in [0.2, 0.25) is 0 Å². The number of hydrogen-bond donors (Lipinski definition) is 0. The molecule has 2 nitrogen and oxygen atoms in total. The van der Waals surface area contributed by atoms with Crippen LogP contribution in [0.3, 0.4) is 0 Å². The number of rotatable bonds is 3. The number of aromatic nitrogens is 2. The Bertz CT molecular complexity index is 797. The molecule has 0 amide bonds. The van der Waals surface area contributed by atoms with E-state index in [1.807, 2.05) is 0 Å². The van der Waals surface area contributed by atoms with E-state index in [2.05, 4.69) is 87.0 Å². The summed E-state index contributed by atoms with van der Waals surface area (Å²) in [5, 5.41) is 4.74. The lowest BCUT2D eigenvalue weighted by atomic mass is 9.95. The van der Waals surface area contributed by atoms with Crippen molar-refractivity contribution < 1.29 is 0 Å². The Morgan fingerprint density at radius 2 is 1.59 bits per heavy atom. The lowest BCUT2D eigenvalue weighted by Gasteiger charge is -2.15. The Balaban J connectivity index is 2.24. The van der Waals surface area contributed by atoms with Gasteiger partial charge in [-0.3, -0.25) is 0 Å². The van der Waals surface area contributed by atoms with Crippen molar-refractivity contribution in [2.75, 3.05) is 0 Å². The Labute approximate surface area is 132 Å². The number of aryl methyl sites for hydroxylation is 2. The molecular weight excluding hydrogens is 268 g/mol. The molecule has 0 atom stereocenters. The van der Waals surface area contributed by atoms with Gasteiger partial charge in [-0.2, -0.15) is 5.10 Å². The Hall–Kier alpha value is -2.35.